The van der Waals surface area contributed by atoms with Crippen molar-refractivity contribution in [3.63, 3.8) is 0 Å². The third-order valence-electron chi connectivity index (χ3n) is 6.52. The second-order valence-electron chi connectivity index (χ2n) is 8.77. The van der Waals surface area contributed by atoms with Gasteiger partial charge in [0, 0.05) is 38.9 Å². The third-order valence-corrected chi connectivity index (χ3v) is 6.52. The molecule has 0 bridgehead atoms. The van der Waals surface area contributed by atoms with Gasteiger partial charge in [0.1, 0.15) is 0 Å². The Morgan fingerprint density at radius 2 is 1.80 bits per heavy atom. The van der Waals surface area contributed by atoms with Crippen LogP contribution in [0.25, 0.3) is 0 Å². The zero-order valence-corrected chi connectivity index (χ0v) is 21.1. The lowest BCUT2D eigenvalue weighted by atomic mass is 9.85. The zero-order valence-electron chi connectivity index (χ0n) is 21.1. The molecular weight excluding hydrogens is 452 g/mol. The lowest BCUT2D eigenvalue weighted by Crippen LogP contribution is -2.60. The first-order valence-corrected chi connectivity index (χ1v) is 12.1. The normalized spacial score (nSPS) is 16.6. The molecule has 1 aliphatic rings. The first kappa shape index (κ1) is 26.6. The van der Waals surface area contributed by atoms with E-state index in [9.17, 15) is 14.4 Å². The molecular formula is C24H36N6O5. The van der Waals surface area contributed by atoms with Crippen molar-refractivity contribution >= 4 is 17.6 Å². The van der Waals surface area contributed by atoms with Crippen LogP contribution in [0.2, 0.25) is 0 Å². The Morgan fingerprint density at radius 1 is 1.11 bits per heavy atom. The summed E-state index contributed by atoms with van der Waals surface area (Å²) in [6.45, 7) is 8.26. The number of hydrogen-bond donors (Lipinski definition) is 0. The van der Waals surface area contributed by atoms with Gasteiger partial charge >= 0.3 is 11.7 Å². The fourth-order valence-electron chi connectivity index (χ4n) is 4.58. The number of likely N-dealkylation sites (tertiary alicyclic amines) is 1. The summed E-state index contributed by atoms with van der Waals surface area (Å²) in [6, 6.07) is 8.91. The van der Waals surface area contributed by atoms with Gasteiger partial charge in [-0.15, -0.1) is 0 Å². The fraction of sp³-hybridized carbons (Fsp3) is 0.625. The van der Waals surface area contributed by atoms with Gasteiger partial charge in [0.25, 0.3) is 0 Å². The van der Waals surface area contributed by atoms with E-state index in [0.717, 1.165) is 36.3 Å². The number of carbonyl (C=O) groups is 2. The molecule has 1 aromatic heterocycles. The number of benzene rings is 1. The van der Waals surface area contributed by atoms with Crippen LogP contribution in [0.5, 0.6) is 0 Å². The van der Waals surface area contributed by atoms with Crippen LogP contribution in [-0.4, -0.2) is 82.1 Å². The van der Waals surface area contributed by atoms with Gasteiger partial charge in [-0.25, -0.2) is 9.59 Å². The minimum atomic E-state index is -0.832. The van der Waals surface area contributed by atoms with Gasteiger partial charge in [-0.2, -0.15) is 9.36 Å². The van der Waals surface area contributed by atoms with Gasteiger partial charge in [-0.05, 0) is 49.2 Å². The van der Waals surface area contributed by atoms with Crippen molar-refractivity contribution in [1.29, 1.82) is 0 Å². The molecule has 1 fully saturated rings. The first-order chi connectivity index (χ1) is 16.9. The Labute approximate surface area is 205 Å². The van der Waals surface area contributed by atoms with Crippen LogP contribution in [0.15, 0.2) is 35.1 Å². The molecule has 11 heteroatoms. The van der Waals surface area contributed by atoms with Gasteiger partial charge < -0.3 is 19.3 Å². The molecule has 35 heavy (non-hydrogen) atoms. The van der Waals surface area contributed by atoms with Crippen molar-refractivity contribution in [2.45, 2.75) is 58.2 Å². The zero-order chi connectivity index (χ0) is 25.4. The highest BCUT2D eigenvalue weighted by atomic mass is 16.5. The molecule has 1 amide bonds. The van der Waals surface area contributed by atoms with Crippen LogP contribution in [0.4, 0.5) is 5.69 Å². The van der Waals surface area contributed by atoms with Crippen LogP contribution < -0.4 is 10.6 Å². The molecule has 1 aromatic carbocycles. The maximum atomic E-state index is 13.0. The summed E-state index contributed by atoms with van der Waals surface area (Å²) in [4.78, 5) is 41.8. The van der Waals surface area contributed by atoms with Gasteiger partial charge in [-0.1, -0.05) is 25.1 Å². The monoisotopic (exact) mass is 488 g/mol. The molecule has 1 aliphatic heterocycles. The molecule has 3 rings (SSSR count). The summed E-state index contributed by atoms with van der Waals surface area (Å²) in [6.07, 6.45) is 1.89. The van der Waals surface area contributed by atoms with Crippen LogP contribution in [-0.2, 0) is 25.6 Å². The largest absolute Gasteiger partial charge is 0.464 e. The highest BCUT2D eigenvalue weighted by Gasteiger charge is 2.42. The first-order valence-electron chi connectivity index (χ1n) is 12.1. The molecule has 1 atom stereocenters. The van der Waals surface area contributed by atoms with Crippen LogP contribution >= 0.6 is 0 Å². The number of carbonyl (C=O) groups excluding carboxylic acids is 2. The Kier molecular flexibility index (Phi) is 9.16. The maximum Gasteiger partial charge on any atom is 0.364 e. The molecule has 0 spiro atoms. The number of ether oxygens (including phenoxy) is 2. The smallest absolute Gasteiger partial charge is 0.364 e. The average Bonchev–Trinajstić information content (AvgIpc) is 3.24. The third kappa shape index (κ3) is 5.96. The predicted octanol–water partition coefficient (Wildman–Crippen LogP) is 1.49. The lowest BCUT2D eigenvalue weighted by molar-refractivity contribution is -0.147. The van der Waals surface area contributed by atoms with Crippen molar-refractivity contribution in [3.05, 3.63) is 40.8 Å². The predicted molar refractivity (Wildman–Crippen MR) is 130 cm³/mol. The number of esters is 1. The molecule has 1 unspecified atom stereocenters. The second kappa shape index (κ2) is 12.1. The molecule has 0 radical (unpaired) electrons. The summed E-state index contributed by atoms with van der Waals surface area (Å²) in [5.74, 6) is -0.447. The van der Waals surface area contributed by atoms with Gasteiger partial charge in [0.05, 0.1) is 25.3 Å². The number of aromatic nitrogens is 4. The SMILES string of the molecule is CCOC(=O)C(C)n1nnn(CCN2CCC(COC)(N(C(=O)CC)c3ccccc3)CC2)c1=O. The van der Waals surface area contributed by atoms with Crippen molar-refractivity contribution in [1.82, 2.24) is 24.7 Å². The number of anilines is 1. The molecule has 11 nitrogen and oxygen atoms in total. The van der Waals surface area contributed by atoms with E-state index >= 15 is 0 Å². The Morgan fingerprint density at radius 3 is 2.40 bits per heavy atom. The van der Waals surface area contributed by atoms with Gasteiger partial charge in [0.15, 0.2) is 6.04 Å². The number of tetrazole rings is 1. The summed E-state index contributed by atoms with van der Waals surface area (Å²) < 4.78 is 12.9. The van der Waals surface area contributed by atoms with E-state index in [0.29, 0.717) is 26.1 Å². The van der Waals surface area contributed by atoms with Crippen LogP contribution in [0.1, 0.15) is 46.1 Å². The number of hydrogen-bond acceptors (Lipinski definition) is 8. The quantitative estimate of drug-likeness (QED) is 0.438. The van der Waals surface area contributed by atoms with E-state index in [1.807, 2.05) is 42.2 Å². The number of amides is 1. The highest BCUT2D eigenvalue weighted by molar-refractivity contribution is 5.94. The number of para-hydroxylation sites is 1. The molecule has 2 heterocycles. The molecule has 2 aromatic rings. The Hall–Kier alpha value is -3.05. The minimum absolute atomic E-state index is 0.0700. The van der Waals surface area contributed by atoms with Gasteiger partial charge in [-0.3, -0.25) is 4.79 Å². The summed E-state index contributed by atoms with van der Waals surface area (Å²) in [5.41, 5.74) is -0.00168. The van der Waals surface area contributed by atoms with E-state index in [2.05, 4.69) is 15.3 Å². The highest BCUT2D eigenvalue weighted by Crippen LogP contribution is 2.34. The van der Waals surface area contributed by atoms with Crippen LogP contribution in [0.3, 0.4) is 0 Å². The molecule has 192 valence electrons. The number of nitrogens with zero attached hydrogens (tertiary/aromatic N) is 6. The van der Waals surface area contributed by atoms with Crippen molar-refractivity contribution < 1.29 is 19.1 Å². The van der Waals surface area contributed by atoms with E-state index in [4.69, 9.17) is 9.47 Å². The summed E-state index contributed by atoms with van der Waals surface area (Å²) in [5, 5.41) is 7.79. The molecule has 0 aliphatic carbocycles. The van der Waals surface area contributed by atoms with Crippen LogP contribution in [0, 0.1) is 0 Å². The number of piperidine rings is 1. The summed E-state index contributed by atoms with van der Waals surface area (Å²) in [7, 11) is 1.67. The van der Waals surface area contributed by atoms with Crippen molar-refractivity contribution in [3.8, 4) is 0 Å². The molecule has 0 N–H and O–H groups in total. The van der Waals surface area contributed by atoms with E-state index in [-0.39, 0.29) is 12.5 Å². The number of methoxy groups -OCH3 is 1. The van der Waals surface area contributed by atoms with E-state index in [1.165, 1.54) is 4.68 Å². The molecule has 0 saturated carbocycles. The second-order valence-corrected chi connectivity index (χ2v) is 8.77. The maximum absolute atomic E-state index is 13.0. The Bertz CT molecular complexity index is 1030. The average molecular weight is 489 g/mol. The Balaban J connectivity index is 1.67. The van der Waals surface area contributed by atoms with Crippen molar-refractivity contribution in [2.24, 2.45) is 0 Å². The van der Waals surface area contributed by atoms with E-state index in [1.54, 1.807) is 21.0 Å². The van der Waals surface area contributed by atoms with Crippen molar-refractivity contribution in [2.75, 3.05) is 44.9 Å². The molecule has 1 saturated heterocycles. The van der Waals surface area contributed by atoms with Gasteiger partial charge in [0.2, 0.25) is 5.91 Å². The fourth-order valence-corrected chi connectivity index (χ4v) is 4.58. The summed E-state index contributed by atoms with van der Waals surface area (Å²) >= 11 is 0. The van der Waals surface area contributed by atoms with E-state index < -0.39 is 23.2 Å². The number of rotatable bonds is 11. The topological polar surface area (TPSA) is 112 Å². The minimum Gasteiger partial charge on any atom is -0.464 e. The lowest BCUT2D eigenvalue weighted by Gasteiger charge is -2.48. The standard InChI is InChI=1S/C24H36N6O5/c1-5-21(31)29(20-10-8-7-9-11-20)24(18-34-4)12-14-27(15-13-24)16-17-28-23(33)30(26-25-28)19(3)22(32)35-6-2/h7-11,19H,5-6,12-18H2,1-4H3.